The molecule has 1 aromatic carbocycles. The summed E-state index contributed by atoms with van der Waals surface area (Å²) in [7, 11) is 0. The van der Waals surface area contributed by atoms with Gasteiger partial charge in [-0.1, -0.05) is 11.8 Å². The molecule has 0 bridgehead atoms. The number of tetrazole rings is 1. The summed E-state index contributed by atoms with van der Waals surface area (Å²) in [5, 5.41) is 21.1. The van der Waals surface area contributed by atoms with Crippen molar-refractivity contribution in [1.29, 1.82) is 0 Å². The van der Waals surface area contributed by atoms with Crippen LogP contribution in [0.25, 0.3) is 5.69 Å². The minimum atomic E-state index is -0.240. The fourth-order valence-corrected chi connectivity index (χ4v) is 2.16. The van der Waals surface area contributed by atoms with Gasteiger partial charge in [-0.15, -0.1) is 5.10 Å². The van der Waals surface area contributed by atoms with Gasteiger partial charge in [0.05, 0.1) is 5.69 Å². The van der Waals surface area contributed by atoms with Crippen molar-refractivity contribution in [2.75, 3.05) is 5.75 Å². The summed E-state index contributed by atoms with van der Waals surface area (Å²) >= 11 is 1.34. The highest BCUT2D eigenvalue weighted by atomic mass is 32.2. The molecule has 0 aliphatic rings. The molecule has 9 heteroatoms. The fraction of sp³-hybridized carbons (Fsp3) is 0.200. The number of amides is 1. The van der Waals surface area contributed by atoms with E-state index >= 15 is 0 Å². The normalized spacial score (nSPS) is 10.4. The van der Waals surface area contributed by atoms with Gasteiger partial charge < -0.3 is 5.11 Å². The Balaban J connectivity index is 2.05. The molecule has 1 amide bonds. The largest absolute Gasteiger partial charge is 0.508 e. The highest BCUT2D eigenvalue weighted by Gasteiger charge is 2.09. The molecule has 19 heavy (non-hydrogen) atoms. The SMILES string of the molecule is NNC(=O)CCSc1nnnn1-c1ccc(O)cc1. The summed E-state index contributed by atoms with van der Waals surface area (Å²) in [6.45, 7) is 0. The van der Waals surface area contributed by atoms with Crippen molar-refractivity contribution in [2.45, 2.75) is 11.6 Å². The van der Waals surface area contributed by atoms with Crippen LogP contribution in [0.1, 0.15) is 6.42 Å². The molecule has 1 aromatic heterocycles. The first-order valence-electron chi connectivity index (χ1n) is 5.40. The quantitative estimate of drug-likeness (QED) is 0.301. The Morgan fingerprint density at radius 3 is 2.84 bits per heavy atom. The molecule has 0 aliphatic heterocycles. The van der Waals surface area contributed by atoms with Gasteiger partial charge in [-0.05, 0) is 34.7 Å². The number of hydrogen-bond acceptors (Lipinski definition) is 7. The second-order valence-electron chi connectivity index (χ2n) is 3.56. The molecule has 0 aliphatic carbocycles. The minimum Gasteiger partial charge on any atom is -0.508 e. The monoisotopic (exact) mass is 280 g/mol. The highest BCUT2D eigenvalue weighted by Crippen LogP contribution is 2.20. The molecule has 8 nitrogen and oxygen atoms in total. The van der Waals surface area contributed by atoms with Gasteiger partial charge in [0.2, 0.25) is 11.1 Å². The zero-order valence-electron chi connectivity index (χ0n) is 9.85. The lowest BCUT2D eigenvalue weighted by Crippen LogP contribution is -2.30. The molecule has 0 fully saturated rings. The van der Waals surface area contributed by atoms with Crippen molar-refractivity contribution < 1.29 is 9.90 Å². The summed E-state index contributed by atoms with van der Waals surface area (Å²) in [6.07, 6.45) is 0.281. The Kier molecular flexibility index (Phi) is 4.31. The molecule has 2 aromatic rings. The number of hydrogen-bond donors (Lipinski definition) is 3. The molecule has 0 saturated heterocycles. The number of nitrogens with one attached hydrogen (secondary N) is 1. The molecule has 0 spiro atoms. The number of hydrazine groups is 1. The standard InChI is InChI=1S/C10H12N6O2S/c11-12-9(18)5-6-19-10-13-14-15-16(10)7-1-3-8(17)4-2-7/h1-4,17H,5-6,11H2,(H,12,18). The first-order chi connectivity index (χ1) is 9.20. The molecule has 1 heterocycles. The Morgan fingerprint density at radius 2 is 2.16 bits per heavy atom. The first kappa shape index (κ1) is 13.3. The van der Waals surface area contributed by atoms with Gasteiger partial charge in [-0.25, -0.2) is 5.84 Å². The van der Waals surface area contributed by atoms with Gasteiger partial charge >= 0.3 is 0 Å². The second-order valence-corrected chi connectivity index (χ2v) is 4.62. The van der Waals surface area contributed by atoms with Crippen molar-refractivity contribution >= 4 is 17.7 Å². The minimum absolute atomic E-state index is 0.172. The van der Waals surface area contributed by atoms with E-state index in [-0.39, 0.29) is 18.1 Å². The second kappa shape index (κ2) is 6.16. The van der Waals surface area contributed by atoms with Crippen LogP contribution in [0.4, 0.5) is 0 Å². The van der Waals surface area contributed by atoms with Gasteiger partial charge in [0.1, 0.15) is 5.75 Å². The van der Waals surface area contributed by atoms with Crippen LogP contribution in [0.5, 0.6) is 5.75 Å². The number of benzene rings is 1. The fourth-order valence-electron chi connectivity index (χ4n) is 1.33. The molecule has 4 N–H and O–H groups in total. The molecule has 0 unspecified atom stereocenters. The maximum atomic E-state index is 11.0. The van der Waals surface area contributed by atoms with E-state index in [1.54, 1.807) is 24.3 Å². The summed E-state index contributed by atoms with van der Waals surface area (Å²) in [6, 6.07) is 6.49. The van der Waals surface area contributed by atoms with Crippen LogP contribution in [-0.4, -0.2) is 37.0 Å². The lowest BCUT2D eigenvalue weighted by molar-refractivity contribution is -0.120. The molecular formula is C10H12N6O2S. The van der Waals surface area contributed by atoms with E-state index in [1.165, 1.54) is 16.4 Å². The van der Waals surface area contributed by atoms with E-state index in [0.29, 0.717) is 10.9 Å². The average Bonchev–Trinajstić information content (AvgIpc) is 2.88. The third-order valence-electron chi connectivity index (χ3n) is 2.26. The van der Waals surface area contributed by atoms with E-state index in [9.17, 15) is 9.90 Å². The lowest BCUT2D eigenvalue weighted by Gasteiger charge is -2.04. The van der Waals surface area contributed by atoms with E-state index in [4.69, 9.17) is 5.84 Å². The number of rotatable bonds is 5. The van der Waals surface area contributed by atoms with Crippen molar-refractivity contribution in [3.8, 4) is 11.4 Å². The van der Waals surface area contributed by atoms with Crippen LogP contribution in [-0.2, 0) is 4.79 Å². The summed E-state index contributed by atoms with van der Waals surface area (Å²) in [5.74, 6) is 5.44. The number of aromatic nitrogens is 4. The predicted octanol–water partition coefficient (Wildman–Crippen LogP) is -0.160. The topological polar surface area (TPSA) is 119 Å². The number of phenols is 1. The summed E-state index contributed by atoms with van der Waals surface area (Å²) in [5.41, 5.74) is 2.79. The van der Waals surface area contributed by atoms with Gasteiger partial charge in [0, 0.05) is 12.2 Å². The third kappa shape index (κ3) is 3.42. The van der Waals surface area contributed by atoms with Crippen molar-refractivity contribution in [2.24, 2.45) is 5.84 Å². The Morgan fingerprint density at radius 1 is 1.42 bits per heavy atom. The van der Waals surface area contributed by atoms with Crippen molar-refractivity contribution in [1.82, 2.24) is 25.6 Å². The maximum Gasteiger partial charge on any atom is 0.234 e. The highest BCUT2D eigenvalue weighted by molar-refractivity contribution is 7.99. The van der Waals surface area contributed by atoms with Crippen LogP contribution >= 0.6 is 11.8 Å². The number of carbonyl (C=O) groups excluding carboxylic acids is 1. The number of phenolic OH excluding ortho intramolecular Hbond substituents is 1. The van der Waals surface area contributed by atoms with E-state index in [1.807, 2.05) is 0 Å². The van der Waals surface area contributed by atoms with Crippen molar-refractivity contribution in [3.63, 3.8) is 0 Å². The number of nitrogens with two attached hydrogens (primary N) is 1. The van der Waals surface area contributed by atoms with Gasteiger partial charge in [-0.3, -0.25) is 10.2 Å². The Labute approximate surface area is 113 Å². The third-order valence-corrected chi connectivity index (χ3v) is 3.18. The lowest BCUT2D eigenvalue weighted by atomic mass is 10.3. The predicted molar refractivity (Wildman–Crippen MR) is 68.5 cm³/mol. The number of thioether (sulfide) groups is 1. The smallest absolute Gasteiger partial charge is 0.234 e. The summed E-state index contributed by atoms with van der Waals surface area (Å²) < 4.78 is 1.53. The van der Waals surface area contributed by atoms with E-state index < -0.39 is 0 Å². The van der Waals surface area contributed by atoms with Gasteiger partial charge in [0.25, 0.3) is 0 Å². The van der Waals surface area contributed by atoms with E-state index in [2.05, 4.69) is 21.0 Å². The number of carbonyl (C=O) groups is 1. The Bertz CT molecular complexity index is 555. The molecular weight excluding hydrogens is 268 g/mol. The van der Waals surface area contributed by atoms with Gasteiger partial charge in [0.15, 0.2) is 0 Å². The molecule has 2 rings (SSSR count). The molecule has 0 saturated carbocycles. The van der Waals surface area contributed by atoms with Crippen LogP contribution in [0.15, 0.2) is 29.4 Å². The van der Waals surface area contributed by atoms with Crippen molar-refractivity contribution in [3.05, 3.63) is 24.3 Å². The summed E-state index contributed by atoms with van der Waals surface area (Å²) in [4.78, 5) is 11.0. The Hall–Kier alpha value is -2.13. The van der Waals surface area contributed by atoms with Crippen LogP contribution in [0.3, 0.4) is 0 Å². The zero-order chi connectivity index (χ0) is 13.7. The zero-order valence-corrected chi connectivity index (χ0v) is 10.7. The van der Waals surface area contributed by atoms with Crippen LogP contribution in [0.2, 0.25) is 0 Å². The molecule has 0 atom stereocenters. The average molecular weight is 280 g/mol. The first-order valence-corrected chi connectivity index (χ1v) is 6.39. The molecule has 0 radical (unpaired) electrons. The van der Waals surface area contributed by atoms with Crippen LogP contribution < -0.4 is 11.3 Å². The number of aromatic hydroxyl groups is 1. The van der Waals surface area contributed by atoms with E-state index in [0.717, 1.165) is 5.69 Å². The maximum absolute atomic E-state index is 11.0. The van der Waals surface area contributed by atoms with Gasteiger partial charge in [-0.2, -0.15) is 4.68 Å². The van der Waals surface area contributed by atoms with Crippen LogP contribution in [0, 0.1) is 0 Å². The molecule has 100 valence electrons. The number of nitrogens with zero attached hydrogens (tertiary/aromatic N) is 4.